The van der Waals surface area contributed by atoms with Crippen molar-refractivity contribution >= 4 is 12.1 Å². The van der Waals surface area contributed by atoms with E-state index in [1.807, 2.05) is 13.8 Å². The van der Waals surface area contributed by atoms with Gasteiger partial charge in [0.05, 0.1) is 12.7 Å². The normalized spacial score (nSPS) is 10.5. The molecule has 0 aliphatic carbocycles. The number of ether oxygens (including phenoxy) is 1. The molecule has 0 aromatic heterocycles. The van der Waals surface area contributed by atoms with Crippen LogP contribution >= 0.6 is 12.1 Å². The summed E-state index contributed by atoms with van der Waals surface area (Å²) >= 11 is 0.319. The monoisotopic (exact) mass is 138 g/mol. The maximum Gasteiger partial charge on any atom is 0.0585 e. The number of halogens is 1. The molecule has 0 radical (unpaired) electrons. The zero-order valence-electron chi connectivity index (χ0n) is 5.19. The predicted octanol–water partition coefficient (Wildman–Crippen LogP) is 2.03. The van der Waals surface area contributed by atoms with Crippen molar-refractivity contribution in [1.82, 2.24) is 0 Å². The molecule has 0 atom stereocenters. The van der Waals surface area contributed by atoms with Gasteiger partial charge in [-0.25, -0.2) is 0 Å². The third-order valence-corrected chi connectivity index (χ3v) is 0.933. The van der Waals surface area contributed by atoms with Gasteiger partial charge in [-0.1, -0.05) is 0 Å². The van der Waals surface area contributed by atoms with Crippen LogP contribution in [0.4, 0.5) is 3.89 Å². The quantitative estimate of drug-likeness (QED) is 0.550. The highest BCUT2D eigenvalue weighted by Gasteiger charge is 1.90. The topological polar surface area (TPSA) is 9.23 Å². The molecule has 0 aromatic carbocycles. The summed E-state index contributed by atoms with van der Waals surface area (Å²) in [5.41, 5.74) is 0. The molecule has 0 rings (SSSR count). The van der Waals surface area contributed by atoms with E-state index in [9.17, 15) is 3.89 Å². The summed E-state index contributed by atoms with van der Waals surface area (Å²) in [7, 11) is 0. The Balaban J connectivity index is 2.72. The Bertz CT molecular complexity index is 49.7. The first-order valence-electron chi connectivity index (χ1n) is 2.62. The van der Waals surface area contributed by atoms with Crippen LogP contribution in [0.2, 0.25) is 0 Å². The molecule has 8 heavy (non-hydrogen) atoms. The summed E-state index contributed by atoms with van der Waals surface area (Å²) in [6, 6.07) is 0. The molecule has 0 aliphatic rings. The van der Waals surface area contributed by atoms with Crippen molar-refractivity contribution in [3.05, 3.63) is 0 Å². The van der Waals surface area contributed by atoms with Crippen LogP contribution in [0.5, 0.6) is 0 Å². The van der Waals surface area contributed by atoms with Gasteiger partial charge in [0.2, 0.25) is 0 Å². The van der Waals surface area contributed by atoms with Crippen molar-refractivity contribution in [2.45, 2.75) is 20.0 Å². The van der Waals surface area contributed by atoms with Crippen molar-refractivity contribution in [3.63, 3.8) is 0 Å². The molecule has 50 valence electrons. The highest BCUT2D eigenvalue weighted by atomic mass is 32.2. The van der Waals surface area contributed by atoms with E-state index >= 15 is 0 Å². The molecule has 3 heteroatoms. The van der Waals surface area contributed by atoms with Gasteiger partial charge in [0.1, 0.15) is 0 Å². The van der Waals surface area contributed by atoms with Gasteiger partial charge >= 0.3 is 0 Å². The van der Waals surface area contributed by atoms with Gasteiger partial charge in [-0.05, 0) is 13.8 Å². The molecule has 0 unspecified atom stereocenters. The molecule has 0 aromatic rings. The van der Waals surface area contributed by atoms with E-state index in [4.69, 9.17) is 4.74 Å². The smallest absolute Gasteiger partial charge is 0.0585 e. The summed E-state index contributed by atoms with van der Waals surface area (Å²) in [4.78, 5) is 0. The molecule has 0 fully saturated rings. The lowest BCUT2D eigenvalue weighted by molar-refractivity contribution is 0.0918. The fourth-order valence-corrected chi connectivity index (χ4v) is 0.475. The predicted molar refractivity (Wildman–Crippen MR) is 34.7 cm³/mol. The van der Waals surface area contributed by atoms with Crippen LogP contribution in [0.1, 0.15) is 13.8 Å². The molecule has 0 spiro atoms. The van der Waals surface area contributed by atoms with Crippen LogP contribution < -0.4 is 0 Å². The first-order chi connectivity index (χ1) is 3.77. The van der Waals surface area contributed by atoms with Gasteiger partial charge < -0.3 is 4.74 Å². The van der Waals surface area contributed by atoms with E-state index < -0.39 is 0 Å². The van der Waals surface area contributed by atoms with Crippen molar-refractivity contribution in [3.8, 4) is 0 Å². The van der Waals surface area contributed by atoms with Crippen LogP contribution in [-0.2, 0) is 4.74 Å². The van der Waals surface area contributed by atoms with Gasteiger partial charge in [0.25, 0.3) is 0 Å². The molecular weight excluding hydrogens is 127 g/mol. The summed E-state index contributed by atoms with van der Waals surface area (Å²) in [6.07, 6.45) is 0.224. The second-order valence-corrected chi connectivity index (χ2v) is 2.36. The van der Waals surface area contributed by atoms with Crippen LogP contribution in [0.15, 0.2) is 0 Å². The zero-order valence-corrected chi connectivity index (χ0v) is 6.00. The highest BCUT2D eigenvalue weighted by Crippen LogP contribution is 1.99. The van der Waals surface area contributed by atoms with Crippen LogP contribution in [-0.4, -0.2) is 18.5 Å². The molecule has 0 aliphatic heterocycles. The minimum absolute atomic E-state index is 0.224. The average Bonchev–Trinajstić information content (AvgIpc) is 1.66. The Morgan fingerprint density at radius 1 is 1.62 bits per heavy atom. The van der Waals surface area contributed by atoms with Crippen molar-refractivity contribution < 1.29 is 8.62 Å². The molecule has 0 amide bonds. The van der Waals surface area contributed by atoms with Gasteiger partial charge in [0.15, 0.2) is 0 Å². The molecule has 0 saturated carbocycles. The Kier molecular flexibility index (Phi) is 5.54. The van der Waals surface area contributed by atoms with Crippen molar-refractivity contribution in [2.24, 2.45) is 0 Å². The van der Waals surface area contributed by atoms with Crippen LogP contribution in [0, 0.1) is 0 Å². The molecule has 0 bridgehead atoms. The van der Waals surface area contributed by atoms with Crippen molar-refractivity contribution in [2.75, 3.05) is 12.4 Å². The van der Waals surface area contributed by atoms with E-state index in [1.165, 1.54) is 0 Å². The SMILES string of the molecule is CC(C)OCCSF. The van der Waals surface area contributed by atoms with Gasteiger partial charge in [0, 0.05) is 17.9 Å². The first-order valence-corrected chi connectivity index (χ1v) is 3.51. The fraction of sp³-hybridized carbons (Fsp3) is 1.00. The third kappa shape index (κ3) is 6.24. The largest absolute Gasteiger partial charge is 0.378 e. The summed E-state index contributed by atoms with van der Waals surface area (Å²) in [6.45, 7) is 4.38. The van der Waals surface area contributed by atoms with E-state index in [2.05, 4.69) is 0 Å². The Labute approximate surface area is 53.9 Å². The first kappa shape index (κ1) is 8.24. The van der Waals surface area contributed by atoms with Gasteiger partial charge in [-0.15, -0.1) is 0 Å². The van der Waals surface area contributed by atoms with Gasteiger partial charge in [-0.2, -0.15) is 3.89 Å². The lowest BCUT2D eigenvalue weighted by Gasteiger charge is -2.03. The third-order valence-electron chi connectivity index (χ3n) is 0.612. The van der Waals surface area contributed by atoms with Crippen LogP contribution in [0.3, 0.4) is 0 Å². The van der Waals surface area contributed by atoms with E-state index in [1.54, 1.807) is 0 Å². The van der Waals surface area contributed by atoms with E-state index in [-0.39, 0.29) is 6.10 Å². The minimum Gasteiger partial charge on any atom is -0.378 e. The lowest BCUT2D eigenvalue weighted by Crippen LogP contribution is -2.04. The zero-order chi connectivity index (χ0) is 6.41. The highest BCUT2D eigenvalue weighted by molar-refractivity contribution is 7.94. The maximum atomic E-state index is 11.3. The summed E-state index contributed by atoms with van der Waals surface area (Å²) < 4.78 is 16.3. The van der Waals surface area contributed by atoms with E-state index in [0.717, 1.165) is 0 Å². The average molecular weight is 138 g/mol. The Hall–Kier alpha value is 0.240. The molecule has 0 saturated heterocycles. The molecule has 1 nitrogen and oxygen atoms in total. The maximum absolute atomic E-state index is 11.3. The number of hydrogen-bond donors (Lipinski definition) is 0. The number of hydrogen-bond acceptors (Lipinski definition) is 2. The van der Waals surface area contributed by atoms with Crippen LogP contribution in [0.25, 0.3) is 0 Å². The fourth-order valence-electron chi connectivity index (χ4n) is 0.315. The van der Waals surface area contributed by atoms with Crippen molar-refractivity contribution in [1.29, 1.82) is 0 Å². The summed E-state index contributed by atoms with van der Waals surface area (Å²) in [5.74, 6) is 0.443. The standard InChI is InChI=1S/C5H11FOS/c1-5(2)7-3-4-8-6/h5H,3-4H2,1-2H3. The molecule has 0 heterocycles. The second kappa shape index (κ2) is 5.38. The Morgan fingerprint density at radius 2 is 2.25 bits per heavy atom. The van der Waals surface area contributed by atoms with Gasteiger partial charge in [-0.3, -0.25) is 0 Å². The number of rotatable bonds is 4. The summed E-state index contributed by atoms with van der Waals surface area (Å²) in [5, 5.41) is 0. The molecule has 0 N–H and O–H groups in total. The Morgan fingerprint density at radius 3 is 2.62 bits per heavy atom. The minimum atomic E-state index is 0.224. The lowest BCUT2D eigenvalue weighted by atomic mass is 10.5. The molecular formula is C5H11FOS. The van der Waals surface area contributed by atoms with E-state index in [0.29, 0.717) is 24.5 Å². The second-order valence-electron chi connectivity index (χ2n) is 1.73.